The minimum absolute atomic E-state index is 0.154. The minimum Gasteiger partial charge on any atom is -0.303 e. The van der Waals surface area contributed by atoms with Gasteiger partial charge >= 0.3 is 0 Å². The Labute approximate surface area is 184 Å². The van der Waals surface area contributed by atoms with Crippen LogP contribution in [0.2, 0.25) is 0 Å². The lowest BCUT2D eigenvalue weighted by Gasteiger charge is -2.58. The molecule has 0 aromatic heterocycles. The molecule has 1 aliphatic heterocycles. The summed E-state index contributed by atoms with van der Waals surface area (Å²) in [5, 5.41) is 0. The summed E-state index contributed by atoms with van der Waals surface area (Å²) in [6.45, 7) is 8.09. The molecule has 4 nitrogen and oxygen atoms in total. The Balaban J connectivity index is 1.40. The van der Waals surface area contributed by atoms with Crippen LogP contribution in [0.25, 0.3) is 0 Å². The number of hydrogen-bond donors (Lipinski definition) is 0. The van der Waals surface area contributed by atoms with E-state index in [2.05, 4.69) is 31.9 Å². The van der Waals surface area contributed by atoms with E-state index in [9.17, 15) is 8.42 Å². The second-order valence-electron chi connectivity index (χ2n) is 11.7. The molecule has 0 bridgehead atoms. The summed E-state index contributed by atoms with van der Waals surface area (Å²) < 4.78 is 26.6. The normalized spacial score (nSPS) is 48.7. The largest absolute Gasteiger partial charge is 0.303 e. The molecule has 1 heterocycles. The Bertz CT molecular complexity index is 838. The van der Waals surface area contributed by atoms with E-state index in [4.69, 9.17) is 0 Å². The monoisotopic (exact) mass is 434 g/mol. The van der Waals surface area contributed by atoms with E-state index in [0.717, 1.165) is 49.0 Å². The van der Waals surface area contributed by atoms with Gasteiger partial charge in [0, 0.05) is 25.7 Å². The lowest BCUT2D eigenvalue weighted by Crippen LogP contribution is -2.53. The predicted octanol–water partition coefficient (Wildman–Crippen LogP) is 4.53. The molecule has 8 atom stereocenters. The molecule has 3 saturated carbocycles. The summed E-state index contributed by atoms with van der Waals surface area (Å²) in [6, 6.07) is 0.907. The molecule has 4 aliphatic carbocycles. The van der Waals surface area contributed by atoms with Crippen molar-refractivity contribution in [1.29, 1.82) is 0 Å². The summed E-state index contributed by atoms with van der Waals surface area (Å²) in [7, 11) is 1.04. The topological polar surface area (TPSA) is 40.6 Å². The van der Waals surface area contributed by atoms with E-state index in [-0.39, 0.29) is 11.8 Å². The second-order valence-corrected chi connectivity index (χ2v) is 14.0. The first kappa shape index (κ1) is 21.5. The van der Waals surface area contributed by atoms with E-state index in [1.54, 1.807) is 23.8 Å². The number of likely N-dealkylation sites (tertiary alicyclic amines) is 1. The average molecular weight is 435 g/mol. The van der Waals surface area contributed by atoms with Crippen molar-refractivity contribution in [2.75, 3.05) is 26.4 Å². The lowest BCUT2D eigenvalue weighted by molar-refractivity contribution is -0.0419. The first-order valence-electron chi connectivity index (χ1n) is 12.5. The van der Waals surface area contributed by atoms with Gasteiger partial charge in [-0.2, -0.15) is 0 Å². The molecular weight excluding hydrogens is 392 g/mol. The highest BCUT2D eigenvalue weighted by Crippen LogP contribution is 2.68. The molecule has 0 radical (unpaired) electrons. The van der Waals surface area contributed by atoms with Crippen LogP contribution in [0.15, 0.2) is 11.6 Å². The van der Waals surface area contributed by atoms with Gasteiger partial charge in [-0.3, -0.25) is 0 Å². The average Bonchev–Trinajstić information content (AvgIpc) is 3.21. The molecular formula is C25H42N2O2S. The fourth-order valence-electron chi connectivity index (χ4n) is 9.18. The van der Waals surface area contributed by atoms with Crippen molar-refractivity contribution in [3.63, 3.8) is 0 Å². The summed E-state index contributed by atoms with van der Waals surface area (Å²) in [5.74, 6) is 3.69. The van der Waals surface area contributed by atoms with E-state index in [1.165, 1.54) is 38.6 Å². The van der Waals surface area contributed by atoms with E-state index in [1.807, 2.05) is 0 Å². The predicted molar refractivity (Wildman–Crippen MR) is 123 cm³/mol. The van der Waals surface area contributed by atoms with E-state index < -0.39 is 10.0 Å². The molecule has 5 aliphatic rings. The number of fused-ring (bicyclic) bond motifs is 4. The van der Waals surface area contributed by atoms with Gasteiger partial charge in [-0.05, 0) is 107 Å². The second kappa shape index (κ2) is 7.05. The molecule has 1 saturated heterocycles. The molecule has 0 amide bonds. The van der Waals surface area contributed by atoms with Crippen molar-refractivity contribution in [3.05, 3.63) is 11.6 Å². The molecule has 170 valence electrons. The van der Waals surface area contributed by atoms with Crippen LogP contribution in [0.5, 0.6) is 0 Å². The molecule has 5 rings (SSSR count). The zero-order valence-corrected chi connectivity index (χ0v) is 20.5. The number of hydrogen-bond acceptors (Lipinski definition) is 3. The van der Waals surface area contributed by atoms with Gasteiger partial charge in [0.05, 0.1) is 5.75 Å². The first-order chi connectivity index (χ1) is 14.1. The molecule has 1 unspecified atom stereocenters. The van der Waals surface area contributed by atoms with Gasteiger partial charge in [-0.1, -0.05) is 18.6 Å². The van der Waals surface area contributed by atoms with E-state index in [0.29, 0.717) is 10.8 Å². The van der Waals surface area contributed by atoms with Crippen LogP contribution in [0, 0.1) is 34.5 Å². The van der Waals surface area contributed by atoms with Crippen LogP contribution >= 0.6 is 0 Å². The molecule has 30 heavy (non-hydrogen) atoms. The maximum atomic E-state index is 12.5. The van der Waals surface area contributed by atoms with Crippen molar-refractivity contribution in [3.8, 4) is 0 Å². The zero-order valence-electron chi connectivity index (χ0n) is 19.7. The van der Waals surface area contributed by atoms with Gasteiger partial charge in [0.2, 0.25) is 10.0 Å². The van der Waals surface area contributed by atoms with Crippen molar-refractivity contribution in [2.45, 2.75) is 84.2 Å². The fourth-order valence-corrected chi connectivity index (χ4v) is 10.2. The molecule has 0 N–H and O–H groups in total. The summed E-state index contributed by atoms with van der Waals surface area (Å²) in [6.07, 6.45) is 12.6. The Morgan fingerprint density at radius 2 is 1.87 bits per heavy atom. The van der Waals surface area contributed by atoms with Crippen LogP contribution in [0.4, 0.5) is 0 Å². The van der Waals surface area contributed by atoms with Crippen LogP contribution < -0.4 is 0 Å². The molecule has 1 spiro atoms. The van der Waals surface area contributed by atoms with Crippen molar-refractivity contribution in [2.24, 2.45) is 34.5 Å². The molecule has 4 fully saturated rings. The lowest BCUT2D eigenvalue weighted by atomic mass is 9.47. The summed E-state index contributed by atoms with van der Waals surface area (Å²) >= 11 is 0. The van der Waals surface area contributed by atoms with Gasteiger partial charge in [0.1, 0.15) is 0 Å². The van der Waals surface area contributed by atoms with Gasteiger partial charge in [-0.15, -0.1) is 0 Å². The third kappa shape index (κ3) is 2.80. The van der Waals surface area contributed by atoms with Crippen LogP contribution in [-0.2, 0) is 10.0 Å². The third-order valence-electron chi connectivity index (χ3n) is 11.0. The minimum atomic E-state index is -3.11. The standard InChI is InChI=1S/C25H42N2O2S/c1-6-30(28,29)27(5)19-11-13-24(3)18(15-19)7-8-20-22(24)12-14-25-16-26(4)17(2)21(25)9-10-23(20)25/h7,17,19-23H,6,8-16H2,1-5H3/t17-,19-,20+,21+,22?,23-,24-,25-/m0/s1. The maximum Gasteiger partial charge on any atom is 0.213 e. The van der Waals surface area contributed by atoms with Gasteiger partial charge in [-0.25, -0.2) is 12.7 Å². The highest BCUT2D eigenvalue weighted by molar-refractivity contribution is 7.89. The van der Waals surface area contributed by atoms with Crippen molar-refractivity contribution in [1.82, 2.24) is 9.21 Å². The Morgan fingerprint density at radius 1 is 1.13 bits per heavy atom. The van der Waals surface area contributed by atoms with Crippen molar-refractivity contribution >= 4 is 10.0 Å². The quantitative estimate of drug-likeness (QED) is 0.613. The third-order valence-corrected chi connectivity index (χ3v) is 12.9. The fraction of sp³-hybridized carbons (Fsp3) is 0.920. The molecule has 5 heteroatoms. The maximum absolute atomic E-state index is 12.5. The summed E-state index contributed by atoms with van der Waals surface area (Å²) in [4.78, 5) is 2.65. The molecule has 0 aromatic rings. The van der Waals surface area contributed by atoms with Crippen LogP contribution in [0.3, 0.4) is 0 Å². The zero-order chi connectivity index (χ0) is 21.5. The van der Waals surface area contributed by atoms with E-state index >= 15 is 0 Å². The number of sulfonamides is 1. The number of nitrogens with zero attached hydrogens (tertiary/aromatic N) is 2. The highest BCUT2D eigenvalue weighted by atomic mass is 32.2. The van der Waals surface area contributed by atoms with Gasteiger partial charge < -0.3 is 4.90 Å². The number of rotatable bonds is 3. The summed E-state index contributed by atoms with van der Waals surface area (Å²) in [5.41, 5.74) is 2.47. The first-order valence-corrected chi connectivity index (χ1v) is 14.1. The Kier molecular flexibility index (Phi) is 5.04. The van der Waals surface area contributed by atoms with Gasteiger partial charge in [0.15, 0.2) is 0 Å². The smallest absolute Gasteiger partial charge is 0.213 e. The Hall–Kier alpha value is -0.390. The highest BCUT2D eigenvalue weighted by Gasteiger charge is 2.64. The van der Waals surface area contributed by atoms with Crippen LogP contribution in [-0.4, -0.2) is 56.1 Å². The SMILES string of the molecule is CCS(=O)(=O)N(C)[C@H]1CC[C@@]2(C)C(=CC[C@@H]3C2CC[C@]24CN(C)[C@@H](C)[C@H]2CC[C@@H]34)C1. The van der Waals surface area contributed by atoms with Crippen molar-refractivity contribution < 1.29 is 8.42 Å². The van der Waals surface area contributed by atoms with Crippen LogP contribution in [0.1, 0.15) is 72.1 Å². The molecule has 0 aromatic carbocycles. The van der Waals surface area contributed by atoms with Gasteiger partial charge in [0.25, 0.3) is 0 Å². The number of allylic oxidation sites excluding steroid dienone is 1. The Morgan fingerprint density at radius 3 is 2.60 bits per heavy atom.